The number of aromatic nitrogens is 2. The van der Waals surface area contributed by atoms with E-state index in [-0.39, 0.29) is 23.6 Å². The van der Waals surface area contributed by atoms with Gasteiger partial charge in [0.25, 0.3) is 11.1 Å². The lowest BCUT2D eigenvalue weighted by Crippen LogP contribution is -2.22. The monoisotopic (exact) mass is 339 g/mol. The number of ether oxygens (including phenoxy) is 1. The molecule has 0 aliphatic heterocycles. The number of carbonyl (C=O) groups is 2. The minimum atomic E-state index is -0.484. The second-order valence-electron chi connectivity index (χ2n) is 4.43. The molecule has 0 aliphatic carbocycles. The standard InChI is InChI=1S/C14H14FN3O4S/c1-8(13(20)21-2)23-14-18-17-11(22-14)7-16-12(19)9-3-5-10(15)6-4-9/h3-6,8H,7H2,1-2H3,(H,16,19). The van der Waals surface area contributed by atoms with E-state index in [0.29, 0.717) is 5.56 Å². The van der Waals surface area contributed by atoms with Gasteiger partial charge in [-0.15, -0.1) is 10.2 Å². The van der Waals surface area contributed by atoms with Crippen LogP contribution >= 0.6 is 11.8 Å². The molecule has 0 aliphatic rings. The van der Waals surface area contributed by atoms with Crippen LogP contribution in [0.1, 0.15) is 23.2 Å². The second kappa shape index (κ2) is 7.73. The molecule has 1 atom stereocenters. The van der Waals surface area contributed by atoms with Gasteiger partial charge in [0.1, 0.15) is 11.1 Å². The number of benzene rings is 1. The molecule has 1 heterocycles. The van der Waals surface area contributed by atoms with Crippen molar-refractivity contribution >= 4 is 23.6 Å². The van der Waals surface area contributed by atoms with Crippen molar-refractivity contribution in [1.82, 2.24) is 15.5 Å². The first-order valence-corrected chi connectivity index (χ1v) is 7.48. The fraction of sp³-hybridized carbons (Fsp3) is 0.286. The van der Waals surface area contributed by atoms with Gasteiger partial charge in [-0.2, -0.15) is 0 Å². The third kappa shape index (κ3) is 4.78. The van der Waals surface area contributed by atoms with Gasteiger partial charge in [0, 0.05) is 5.56 Å². The van der Waals surface area contributed by atoms with E-state index in [0.717, 1.165) is 11.8 Å². The van der Waals surface area contributed by atoms with Crippen molar-refractivity contribution in [2.45, 2.75) is 23.9 Å². The molecule has 0 bridgehead atoms. The number of nitrogens with one attached hydrogen (secondary N) is 1. The van der Waals surface area contributed by atoms with Crippen LogP contribution in [0.3, 0.4) is 0 Å². The Morgan fingerprint density at radius 3 is 2.70 bits per heavy atom. The molecular weight excluding hydrogens is 325 g/mol. The van der Waals surface area contributed by atoms with Crippen LogP contribution in [0, 0.1) is 5.82 Å². The summed E-state index contributed by atoms with van der Waals surface area (Å²) in [5.74, 6) is -1.01. The van der Waals surface area contributed by atoms with Crippen LogP contribution in [0.5, 0.6) is 0 Å². The Labute approximate surface area is 135 Å². The Balaban J connectivity index is 1.88. The summed E-state index contributed by atoms with van der Waals surface area (Å²) in [5, 5.41) is 9.84. The maximum absolute atomic E-state index is 12.8. The number of amides is 1. The summed E-state index contributed by atoms with van der Waals surface area (Å²) in [7, 11) is 1.30. The van der Waals surface area contributed by atoms with Gasteiger partial charge in [0.05, 0.1) is 13.7 Å². The lowest BCUT2D eigenvalue weighted by molar-refractivity contribution is -0.139. The molecule has 0 radical (unpaired) electrons. The largest absolute Gasteiger partial charge is 0.468 e. The topological polar surface area (TPSA) is 94.3 Å². The molecule has 1 unspecified atom stereocenters. The second-order valence-corrected chi connectivity index (χ2v) is 5.73. The number of rotatable bonds is 6. The van der Waals surface area contributed by atoms with Crippen LogP contribution in [0.2, 0.25) is 0 Å². The van der Waals surface area contributed by atoms with Crippen molar-refractivity contribution in [3.63, 3.8) is 0 Å². The van der Waals surface area contributed by atoms with E-state index in [2.05, 4.69) is 20.3 Å². The van der Waals surface area contributed by atoms with E-state index in [1.807, 2.05) is 0 Å². The number of nitrogens with zero attached hydrogens (tertiary/aromatic N) is 2. The maximum atomic E-state index is 12.8. The van der Waals surface area contributed by atoms with Gasteiger partial charge in [0.2, 0.25) is 5.89 Å². The average molecular weight is 339 g/mol. The van der Waals surface area contributed by atoms with E-state index in [4.69, 9.17) is 4.42 Å². The predicted octanol–water partition coefficient (Wildman–Crippen LogP) is 1.79. The van der Waals surface area contributed by atoms with Gasteiger partial charge in [0.15, 0.2) is 0 Å². The molecule has 0 fully saturated rings. The SMILES string of the molecule is COC(=O)C(C)Sc1nnc(CNC(=O)c2ccc(F)cc2)o1. The summed E-state index contributed by atoms with van der Waals surface area (Å²) in [6.07, 6.45) is 0. The smallest absolute Gasteiger partial charge is 0.319 e. The van der Waals surface area contributed by atoms with Crippen LogP contribution in [-0.2, 0) is 16.1 Å². The molecule has 1 aromatic carbocycles. The number of esters is 1. The van der Waals surface area contributed by atoms with E-state index in [1.165, 1.54) is 31.4 Å². The van der Waals surface area contributed by atoms with Crippen molar-refractivity contribution in [3.05, 3.63) is 41.5 Å². The summed E-state index contributed by atoms with van der Waals surface area (Å²) in [4.78, 5) is 23.2. The Morgan fingerprint density at radius 2 is 2.04 bits per heavy atom. The summed E-state index contributed by atoms with van der Waals surface area (Å²) < 4.78 is 22.7. The molecule has 0 saturated heterocycles. The summed E-state index contributed by atoms with van der Waals surface area (Å²) in [6, 6.07) is 5.14. The number of carbonyl (C=O) groups excluding carboxylic acids is 2. The van der Waals surface area contributed by atoms with E-state index in [9.17, 15) is 14.0 Å². The van der Waals surface area contributed by atoms with Crippen LogP contribution < -0.4 is 5.32 Å². The molecule has 1 aromatic heterocycles. The minimum Gasteiger partial charge on any atom is -0.468 e. The van der Waals surface area contributed by atoms with Gasteiger partial charge < -0.3 is 14.5 Å². The van der Waals surface area contributed by atoms with Crippen molar-refractivity contribution in [2.24, 2.45) is 0 Å². The molecule has 0 saturated carbocycles. The van der Waals surface area contributed by atoms with Crippen molar-refractivity contribution in [2.75, 3.05) is 7.11 Å². The third-order valence-electron chi connectivity index (χ3n) is 2.77. The first-order chi connectivity index (χ1) is 11.0. The van der Waals surface area contributed by atoms with E-state index >= 15 is 0 Å². The number of halogens is 1. The molecule has 1 N–H and O–H groups in total. The number of methoxy groups -OCH3 is 1. The number of hydrogen-bond acceptors (Lipinski definition) is 7. The molecule has 0 spiro atoms. The first kappa shape index (κ1) is 16.9. The first-order valence-electron chi connectivity index (χ1n) is 6.60. The normalized spacial score (nSPS) is 11.8. The molecule has 7 nitrogen and oxygen atoms in total. The van der Waals surface area contributed by atoms with E-state index < -0.39 is 17.0 Å². The summed E-state index contributed by atoms with van der Waals surface area (Å²) >= 11 is 1.06. The highest BCUT2D eigenvalue weighted by atomic mass is 32.2. The van der Waals surface area contributed by atoms with Gasteiger partial charge in [-0.25, -0.2) is 4.39 Å². The van der Waals surface area contributed by atoms with Gasteiger partial charge >= 0.3 is 5.97 Å². The maximum Gasteiger partial charge on any atom is 0.319 e. The molecule has 122 valence electrons. The molecule has 2 rings (SSSR count). The highest BCUT2D eigenvalue weighted by molar-refractivity contribution is 8.00. The molecule has 23 heavy (non-hydrogen) atoms. The van der Waals surface area contributed by atoms with Crippen LogP contribution in [0.4, 0.5) is 4.39 Å². The van der Waals surface area contributed by atoms with Gasteiger partial charge in [-0.3, -0.25) is 9.59 Å². The Kier molecular flexibility index (Phi) is 5.69. The molecule has 1 amide bonds. The Hall–Kier alpha value is -2.42. The van der Waals surface area contributed by atoms with Crippen molar-refractivity contribution in [3.8, 4) is 0 Å². The molecule has 2 aromatic rings. The van der Waals surface area contributed by atoms with Crippen LogP contribution in [-0.4, -0.2) is 34.4 Å². The van der Waals surface area contributed by atoms with Crippen LogP contribution in [0.15, 0.2) is 33.9 Å². The lowest BCUT2D eigenvalue weighted by atomic mass is 10.2. The van der Waals surface area contributed by atoms with Crippen molar-refractivity contribution < 1.29 is 23.1 Å². The van der Waals surface area contributed by atoms with Crippen LogP contribution in [0.25, 0.3) is 0 Å². The average Bonchev–Trinajstić information content (AvgIpc) is 2.99. The minimum absolute atomic E-state index is 0.0242. The zero-order chi connectivity index (χ0) is 16.8. The fourth-order valence-electron chi connectivity index (χ4n) is 1.58. The zero-order valence-electron chi connectivity index (χ0n) is 12.4. The lowest BCUT2D eigenvalue weighted by Gasteiger charge is -2.04. The molecular formula is C14H14FN3O4S. The van der Waals surface area contributed by atoms with E-state index in [1.54, 1.807) is 6.92 Å². The molecule has 9 heteroatoms. The van der Waals surface area contributed by atoms with Gasteiger partial charge in [-0.05, 0) is 31.2 Å². The highest BCUT2D eigenvalue weighted by Gasteiger charge is 2.18. The summed E-state index contributed by atoms with van der Waals surface area (Å²) in [6.45, 7) is 1.67. The predicted molar refractivity (Wildman–Crippen MR) is 79.2 cm³/mol. The number of hydrogen-bond donors (Lipinski definition) is 1. The Morgan fingerprint density at radius 1 is 1.35 bits per heavy atom. The van der Waals surface area contributed by atoms with Gasteiger partial charge in [-0.1, -0.05) is 11.8 Å². The fourth-order valence-corrected chi connectivity index (χ4v) is 2.31. The summed E-state index contributed by atoms with van der Waals surface area (Å²) in [5.41, 5.74) is 0.319. The number of thioether (sulfide) groups is 1. The quantitative estimate of drug-likeness (QED) is 0.633. The third-order valence-corrected chi connectivity index (χ3v) is 3.68. The highest BCUT2D eigenvalue weighted by Crippen LogP contribution is 2.22. The zero-order valence-corrected chi connectivity index (χ0v) is 13.2. The van der Waals surface area contributed by atoms with Crippen molar-refractivity contribution in [1.29, 1.82) is 0 Å². The Bertz CT molecular complexity index is 690.